The van der Waals surface area contributed by atoms with Gasteiger partial charge in [0.15, 0.2) is 0 Å². The Morgan fingerprint density at radius 3 is 2.60 bits per heavy atom. The van der Waals surface area contributed by atoms with Crippen LogP contribution < -0.4 is 5.56 Å². The van der Waals surface area contributed by atoms with E-state index in [9.17, 15) is 9.59 Å². The number of rotatable bonds is 3. The second kappa shape index (κ2) is 5.86. The standard InChI is InChI=1S/C18H14N4O3/c1-25-18(24)10-6-7-11-14(8-10)21-16(22-17(11)23)9-15-19-12-4-2-3-5-13(12)20-15/h2-8H,9H2,1H3,(H,19,20)(H,21,22,23). The molecule has 25 heavy (non-hydrogen) atoms. The summed E-state index contributed by atoms with van der Waals surface area (Å²) in [4.78, 5) is 38.8. The van der Waals surface area contributed by atoms with Crippen LogP contribution in [0.4, 0.5) is 0 Å². The number of hydrogen-bond donors (Lipinski definition) is 2. The van der Waals surface area contributed by atoms with Crippen LogP contribution in [0.3, 0.4) is 0 Å². The average Bonchev–Trinajstić information content (AvgIpc) is 3.02. The van der Waals surface area contributed by atoms with Crippen molar-refractivity contribution in [1.29, 1.82) is 0 Å². The molecule has 0 aliphatic heterocycles. The number of fused-ring (bicyclic) bond motifs is 2. The minimum Gasteiger partial charge on any atom is -0.465 e. The van der Waals surface area contributed by atoms with E-state index in [2.05, 4.69) is 19.9 Å². The lowest BCUT2D eigenvalue weighted by Crippen LogP contribution is -2.13. The minimum absolute atomic E-state index is 0.257. The van der Waals surface area contributed by atoms with Crippen LogP contribution in [-0.4, -0.2) is 33.0 Å². The third-order valence-corrected chi connectivity index (χ3v) is 3.95. The Bertz CT molecular complexity index is 1130. The molecule has 2 N–H and O–H groups in total. The molecule has 0 bridgehead atoms. The summed E-state index contributed by atoms with van der Waals surface area (Å²) in [7, 11) is 1.31. The average molecular weight is 334 g/mol. The summed E-state index contributed by atoms with van der Waals surface area (Å²) in [6.45, 7) is 0. The van der Waals surface area contributed by atoms with E-state index in [1.807, 2.05) is 24.3 Å². The summed E-state index contributed by atoms with van der Waals surface area (Å²) in [6, 6.07) is 12.4. The number of nitrogens with one attached hydrogen (secondary N) is 2. The largest absolute Gasteiger partial charge is 0.465 e. The molecule has 0 unspecified atom stereocenters. The Morgan fingerprint density at radius 1 is 1.04 bits per heavy atom. The highest BCUT2D eigenvalue weighted by Gasteiger charge is 2.11. The summed E-state index contributed by atoms with van der Waals surface area (Å²) in [5.41, 5.74) is 2.32. The fourth-order valence-corrected chi connectivity index (χ4v) is 2.76. The summed E-state index contributed by atoms with van der Waals surface area (Å²) < 4.78 is 4.71. The van der Waals surface area contributed by atoms with Gasteiger partial charge in [-0.25, -0.2) is 14.8 Å². The zero-order chi connectivity index (χ0) is 17.4. The maximum atomic E-state index is 12.3. The Balaban J connectivity index is 1.76. The first-order valence-corrected chi connectivity index (χ1v) is 7.69. The van der Waals surface area contributed by atoms with Crippen LogP contribution in [0.2, 0.25) is 0 Å². The molecule has 2 heterocycles. The second-order valence-corrected chi connectivity index (χ2v) is 5.61. The Morgan fingerprint density at radius 2 is 1.80 bits per heavy atom. The molecular weight excluding hydrogens is 320 g/mol. The first kappa shape index (κ1) is 15.1. The van der Waals surface area contributed by atoms with Gasteiger partial charge in [0.05, 0.1) is 41.0 Å². The van der Waals surface area contributed by atoms with E-state index in [4.69, 9.17) is 4.74 Å². The van der Waals surface area contributed by atoms with Crippen molar-refractivity contribution < 1.29 is 9.53 Å². The van der Waals surface area contributed by atoms with Gasteiger partial charge in [-0.3, -0.25) is 4.79 Å². The first-order valence-electron chi connectivity index (χ1n) is 7.69. The number of carbonyl (C=O) groups excluding carboxylic acids is 1. The number of aromatic nitrogens is 4. The van der Waals surface area contributed by atoms with Gasteiger partial charge < -0.3 is 14.7 Å². The van der Waals surface area contributed by atoms with Crippen LogP contribution in [0.25, 0.3) is 21.9 Å². The molecule has 0 amide bonds. The fraction of sp³-hybridized carbons (Fsp3) is 0.111. The van der Waals surface area contributed by atoms with Gasteiger partial charge >= 0.3 is 5.97 Å². The van der Waals surface area contributed by atoms with E-state index in [1.54, 1.807) is 18.2 Å². The molecule has 0 spiro atoms. The number of para-hydroxylation sites is 2. The number of carbonyl (C=O) groups is 1. The molecule has 0 atom stereocenters. The number of imidazole rings is 1. The maximum absolute atomic E-state index is 12.3. The highest BCUT2D eigenvalue weighted by molar-refractivity contribution is 5.94. The van der Waals surface area contributed by atoms with Gasteiger partial charge in [0.2, 0.25) is 0 Å². The Hall–Kier alpha value is -3.48. The van der Waals surface area contributed by atoms with Crippen LogP contribution in [0.1, 0.15) is 22.0 Å². The number of ether oxygens (including phenoxy) is 1. The first-order chi connectivity index (χ1) is 12.1. The van der Waals surface area contributed by atoms with Crippen LogP contribution in [0.15, 0.2) is 47.3 Å². The van der Waals surface area contributed by atoms with Gasteiger partial charge in [-0.05, 0) is 30.3 Å². The monoisotopic (exact) mass is 334 g/mol. The van der Waals surface area contributed by atoms with Crippen molar-refractivity contribution in [3.05, 3.63) is 70.0 Å². The molecule has 0 radical (unpaired) electrons. The van der Waals surface area contributed by atoms with E-state index in [-0.39, 0.29) is 5.56 Å². The van der Waals surface area contributed by atoms with Gasteiger partial charge in [-0.15, -0.1) is 0 Å². The number of hydrogen-bond acceptors (Lipinski definition) is 5. The number of nitrogens with zero attached hydrogens (tertiary/aromatic N) is 2. The van der Waals surface area contributed by atoms with Crippen LogP contribution in [0, 0.1) is 0 Å². The molecule has 0 saturated carbocycles. The SMILES string of the molecule is COC(=O)c1ccc2c(=O)[nH]c(Cc3nc4ccccc4[nH]3)nc2c1. The number of esters is 1. The molecule has 4 rings (SSSR count). The van der Waals surface area contributed by atoms with Crippen LogP contribution in [-0.2, 0) is 11.2 Å². The zero-order valence-electron chi connectivity index (χ0n) is 13.4. The van der Waals surface area contributed by atoms with Crippen molar-refractivity contribution in [1.82, 2.24) is 19.9 Å². The molecule has 2 aromatic carbocycles. The molecule has 0 aliphatic carbocycles. The number of H-pyrrole nitrogens is 2. The van der Waals surface area contributed by atoms with Crippen molar-refractivity contribution in [2.24, 2.45) is 0 Å². The molecule has 2 aromatic heterocycles. The van der Waals surface area contributed by atoms with E-state index in [1.165, 1.54) is 7.11 Å². The molecule has 124 valence electrons. The number of aromatic amines is 2. The quantitative estimate of drug-likeness (QED) is 0.559. The third kappa shape index (κ3) is 2.76. The normalized spacial score (nSPS) is 11.1. The number of benzene rings is 2. The Labute approximate surface area is 141 Å². The molecule has 0 fully saturated rings. The van der Waals surface area contributed by atoms with E-state index in [0.29, 0.717) is 34.5 Å². The second-order valence-electron chi connectivity index (χ2n) is 5.61. The lowest BCUT2D eigenvalue weighted by Gasteiger charge is -2.04. The van der Waals surface area contributed by atoms with Crippen molar-refractivity contribution in [2.45, 2.75) is 6.42 Å². The summed E-state index contributed by atoms with van der Waals surface area (Å²) >= 11 is 0. The fourth-order valence-electron chi connectivity index (χ4n) is 2.76. The highest BCUT2D eigenvalue weighted by atomic mass is 16.5. The molecule has 7 nitrogen and oxygen atoms in total. The summed E-state index contributed by atoms with van der Waals surface area (Å²) in [5, 5.41) is 0.418. The predicted octanol–water partition coefficient (Wildman–Crippen LogP) is 2.18. The minimum atomic E-state index is -0.470. The maximum Gasteiger partial charge on any atom is 0.337 e. The number of methoxy groups -OCH3 is 1. The molecule has 0 saturated heterocycles. The summed E-state index contributed by atoms with van der Waals surface area (Å²) in [5.74, 6) is 0.703. The molecule has 4 aromatic rings. The smallest absolute Gasteiger partial charge is 0.337 e. The van der Waals surface area contributed by atoms with Crippen molar-refractivity contribution in [2.75, 3.05) is 7.11 Å². The van der Waals surface area contributed by atoms with Crippen molar-refractivity contribution >= 4 is 27.9 Å². The zero-order valence-corrected chi connectivity index (χ0v) is 13.4. The van der Waals surface area contributed by atoms with Gasteiger partial charge in [0.25, 0.3) is 5.56 Å². The highest BCUT2D eigenvalue weighted by Crippen LogP contribution is 2.14. The van der Waals surface area contributed by atoms with Gasteiger partial charge in [-0.2, -0.15) is 0 Å². The van der Waals surface area contributed by atoms with Crippen molar-refractivity contribution in [3.63, 3.8) is 0 Å². The topological polar surface area (TPSA) is 101 Å². The molecule has 0 aliphatic rings. The van der Waals surface area contributed by atoms with Gasteiger partial charge in [0, 0.05) is 0 Å². The lowest BCUT2D eigenvalue weighted by atomic mass is 10.1. The van der Waals surface area contributed by atoms with Gasteiger partial charge in [0.1, 0.15) is 11.6 Å². The third-order valence-electron chi connectivity index (χ3n) is 3.95. The van der Waals surface area contributed by atoms with Crippen LogP contribution in [0.5, 0.6) is 0 Å². The molecule has 7 heteroatoms. The van der Waals surface area contributed by atoms with E-state index in [0.717, 1.165) is 11.0 Å². The predicted molar refractivity (Wildman–Crippen MR) is 92.6 cm³/mol. The van der Waals surface area contributed by atoms with E-state index < -0.39 is 5.97 Å². The lowest BCUT2D eigenvalue weighted by molar-refractivity contribution is 0.0601. The van der Waals surface area contributed by atoms with Crippen LogP contribution >= 0.6 is 0 Å². The van der Waals surface area contributed by atoms with Gasteiger partial charge in [-0.1, -0.05) is 12.1 Å². The van der Waals surface area contributed by atoms with E-state index >= 15 is 0 Å². The Kier molecular flexibility index (Phi) is 3.53. The summed E-state index contributed by atoms with van der Waals surface area (Å²) in [6.07, 6.45) is 0.350. The van der Waals surface area contributed by atoms with Crippen molar-refractivity contribution in [3.8, 4) is 0 Å². The molecular formula is C18H14N4O3.